The predicted molar refractivity (Wildman–Crippen MR) is 117 cm³/mol. The van der Waals surface area contributed by atoms with Gasteiger partial charge in [-0.2, -0.15) is 0 Å². The van der Waals surface area contributed by atoms with Crippen molar-refractivity contribution >= 4 is 5.97 Å². The van der Waals surface area contributed by atoms with Crippen molar-refractivity contribution in [3.05, 3.63) is 24.3 Å². The summed E-state index contributed by atoms with van der Waals surface area (Å²) < 4.78 is 0.457. The number of rotatable bonds is 18. The molecule has 0 N–H and O–H groups in total. The Hall–Kier alpha value is -1.09. The number of hydroxylamine groups is 3. The molecule has 0 aromatic carbocycles. The molecule has 0 bridgehead atoms. The van der Waals surface area contributed by atoms with Crippen LogP contribution in [-0.4, -0.2) is 30.2 Å². The molecular formula is C24H46NO2+2. The fraction of sp³-hybridized carbons (Fsp3) is 0.792. The smallest absolute Gasteiger partial charge is 0.0882 e. The Labute approximate surface area is 169 Å². The van der Waals surface area contributed by atoms with Gasteiger partial charge in [0.1, 0.15) is 26.1 Å². The van der Waals surface area contributed by atoms with Crippen molar-refractivity contribution in [3.63, 3.8) is 0 Å². The van der Waals surface area contributed by atoms with Crippen LogP contribution < -0.4 is 0 Å². The number of hydrogen-bond donors (Lipinski definition) is 0. The molecule has 27 heavy (non-hydrogen) atoms. The quantitative estimate of drug-likeness (QED) is 0.0831. The van der Waals surface area contributed by atoms with Crippen molar-refractivity contribution in [1.82, 2.24) is 0 Å². The van der Waals surface area contributed by atoms with Gasteiger partial charge in [0.25, 0.3) is 0 Å². The molecule has 0 heterocycles. The summed E-state index contributed by atoms with van der Waals surface area (Å²) in [5, 5.41) is 0. The average Bonchev–Trinajstić information content (AvgIpc) is 2.69. The third-order valence-corrected chi connectivity index (χ3v) is 5.36. The molecule has 3 heteroatoms. The Morgan fingerprint density at radius 1 is 0.704 bits per heavy atom. The highest BCUT2D eigenvalue weighted by molar-refractivity contribution is 5.68. The largest absolute Gasteiger partial charge is 0.638 e. The SMILES string of the molecule is CCCCC/C=C\C/C=C\CCCCCCCC(=[O+])O[N+](CC)(CC)CC. The van der Waals surface area contributed by atoms with Crippen LogP contribution in [0.25, 0.3) is 0 Å². The Balaban J connectivity index is 3.54. The minimum absolute atomic E-state index is 0.0359. The Kier molecular flexibility index (Phi) is 17.5. The highest BCUT2D eigenvalue weighted by atomic mass is 16.7. The molecule has 3 nitrogen and oxygen atoms in total. The van der Waals surface area contributed by atoms with Crippen molar-refractivity contribution in [2.45, 2.75) is 105 Å². The lowest BCUT2D eigenvalue weighted by Gasteiger charge is -2.23. The third kappa shape index (κ3) is 14.6. The maximum atomic E-state index is 12.0. The first-order chi connectivity index (χ1) is 13.1. The first-order valence-corrected chi connectivity index (χ1v) is 11.5. The molecular weight excluding hydrogens is 334 g/mol. The summed E-state index contributed by atoms with van der Waals surface area (Å²) in [7, 11) is 0. The van der Waals surface area contributed by atoms with Gasteiger partial charge in [0, 0.05) is 0 Å². The molecule has 157 valence electrons. The van der Waals surface area contributed by atoms with Crippen molar-refractivity contribution in [3.8, 4) is 0 Å². The number of allylic oxidation sites excluding steroid dienone is 4. The highest BCUT2D eigenvalue weighted by Crippen LogP contribution is 2.12. The topological polar surface area (TPSA) is 29.1 Å². The second-order valence-corrected chi connectivity index (χ2v) is 7.45. The molecule has 0 unspecified atom stereocenters. The van der Waals surface area contributed by atoms with E-state index in [0.717, 1.165) is 38.9 Å². The van der Waals surface area contributed by atoms with Gasteiger partial charge in [-0.05, 0) is 59.3 Å². The minimum atomic E-state index is -0.0359. The summed E-state index contributed by atoms with van der Waals surface area (Å²) >= 11 is 0. The molecule has 0 amide bonds. The van der Waals surface area contributed by atoms with Crippen LogP contribution in [0, 0.1) is 0 Å². The van der Waals surface area contributed by atoms with Crippen LogP contribution in [0.5, 0.6) is 0 Å². The van der Waals surface area contributed by atoms with E-state index in [-0.39, 0.29) is 5.97 Å². The summed E-state index contributed by atoms with van der Waals surface area (Å²) in [4.78, 5) is 17.7. The lowest BCUT2D eigenvalue weighted by Crippen LogP contribution is -2.48. The predicted octanol–water partition coefficient (Wildman–Crippen LogP) is 7.13. The van der Waals surface area contributed by atoms with Gasteiger partial charge in [0.2, 0.25) is 0 Å². The van der Waals surface area contributed by atoms with Crippen LogP contribution in [0.3, 0.4) is 0 Å². The first kappa shape index (κ1) is 25.9. The van der Waals surface area contributed by atoms with E-state index in [2.05, 4.69) is 52.0 Å². The van der Waals surface area contributed by atoms with Gasteiger partial charge in [-0.3, -0.25) is 0 Å². The van der Waals surface area contributed by atoms with Crippen LogP contribution in [-0.2, 0) is 9.63 Å². The maximum Gasteiger partial charge on any atom is 0.638 e. The number of carbonyl (C=O) groups is 1. The normalized spacial score (nSPS) is 12.3. The van der Waals surface area contributed by atoms with Crippen molar-refractivity contribution < 1.29 is 14.3 Å². The molecule has 0 aromatic heterocycles. The molecule has 0 aliphatic carbocycles. The number of hydrogen-bond acceptors (Lipinski definition) is 2. The number of carbonyl (C=O) groups excluding carboxylic acids is 1. The van der Waals surface area contributed by atoms with E-state index >= 15 is 0 Å². The van der Waals surface area contributed by atoms with Crippen LogP contribution in [0.1, 0.15) is 105 Å². The van der Waals surface area contributed by atoms with E-state index in [0.29, 0.717) is 11.1 Å². The monoisotopic (exact) mass is 380 g/mol. The van der Waals surface area contributed by atoms with Crippen molar-refractivity contribution in [2.24, 2.45) is 0 Å². The molecule has 0 aliphatic rings. The van der Waals surface area contributed by atoms with Gasteiger partial charge < -0.3 is 0 Å². The summed E-state index contributed by atoms with van der Waals surface area (Å²) in [6, 6.07) is 0. The number of unbranched alkanes of at least 4 members (excludes halogenated alkanes) is 8. The Morgan fingerprint density at radius 3 is 1.78 bits per heavy atom. The third-order valence-electron chi connectivity index (χ3n) is 5.36. The van der Waals surface area contributed by atoms with Crippen LogP contribution in [0.2, 0.25) is 0 Å². The molecule has 0 spiro atoms. The fourth-order valence-electron chi connectivity index (χ4n) is 3.21. The van der Waals surface area contributed by atoms with Gasteiger partial charge >= 0.3 is 5.97 Å². The second kappa shape index (κ2) is 18.3. The molecule has 0 rings (SSSR count). The van der Waals surface area contributed by atoms with E-state index < -0.39 is 0 Å². The van der Waals surface area contributed by atoms with E-state index in [4.69, 9.17) is 4.84 Å². The van der Waals surface area contributed by atoms with Gasteiger partial charge in [-0.1, -0.05) is 72.8 Å². The summed E-state index contributed by atoms with van der Waals surface area (Å²) in [6.45, 7) is 11.0. The molecule has 0 saturated carbocycles. The molecule has 0 fully saturated rings. The molecule has 0 saturated heterocycles. The molecule has 0 aromatic rings. The van der Waals surface area contributed by atoms with Crippen LogP contribution >= 0.6 is 0 Å². The Bertz CT molecular complexity index is 389. The Morgan fingerprint density at radius 2 is 1.22 bits per heavy atom. The molecule has 0 atom stereocenters. The minimum Gasteiger partial charge on any atom is -0.0882 e. The number of nitrogens with zero attached hydrogens (tertiary/aromatic N) is 1. The lowest BCUT2D eigenvalue weighted by atomic mass is 10.1. The van der Waals surface area contributed by atoms with Gasteiger partial charge in [0.05, 0.1) is 4.79 Å². The van der Waals surface area contributed by atoms with Crippen molar-refractivity contribution in [1.29, 1.82) is 0 Å². The fourth-order valence-corrected chi connectivity index (χ4v) is 3.21. The van der Waals surface area contributed by atoms with Crippen LogP contribution in [0.4, 0.5) is 0 Å². The van der Waals surface area contributed by atoms with Crippen molar-refractivity contribution in [2.75, 3.05) is 19.6 Å². The van der Waals surface area contributed by atoms with E-state index in [1.165, 1.54) is 51.4 Å². The highest BCUT2D eigenvalue weighted by Gasteiger charge is 2.36. The summed E-state index contributed by atoms with van der Waals surface area (Å²) in [5.74, 6) is -0.0359. The van der Waals surface area contributed by atoms with E-state index in [1.807, 2.05) is 0 Å². The van der Waals surface area contributed by atoms with Gasteiger partial charge in [0.15, 0.2) is 0 Å². The maximum absolute atomic E-state index is 12.0. The van der Waals surface area contributed by atoms with Gasteiger partial charge in [-0.15, -0.1) is 0 Å². The summed E-state index contributed by atoms with van der Waals surface area (Å²) in [6.07, 6.45) is 23.0. The zero-order chi connectivity index (χ0) is 20.2. The molecule has 0 aliphatic heterocycles. The number of quaternary nitrogens is 1. The molecule has 1 radical (unpaired) electrons. The second-order valence-electron chi connectivity index (χ2n) is 7.45. The van der Waals surface area contributed by atoms with E-state index in [1.54, 1.807) is 0 Å². The average molecular weight is 381 g/mol. The van der Waals surface area contributed by atoms with Crippen LogP contribution in [0.15, 0.2) is 24.3 Å². The standard InChI is InChI=1S/C24H46NO2/c1-5-9-10-11-12-13-14-15-16-17-18-19-20-21-22-23-24(26)27-25(6-2,7-3)8-4/h12-13,15-16H,5-11,14,17-23H2,1-4H3/q+2/b13-12-,16-15-. The first-order valence-electron chi connectivity index (χ1n) is 11.5. The zero-order valence-electron chi connectivity index (χ0n) is 18.7. The zero-order valence-corrected chi connectivity index (χ0v) is 18.7. The van der Waals surface area contributed by atoms with E-state index in [9.17, 15) is 4.79 Å². The lowest BCUT2D eigenvalue weighted by molar-refractivity contribution is -1.09. The summed E-state index contributed by atoms with van der Waals surface area (Å²) in [5.41, 5.74) is 0. The van der Waals surface area contributed by atoms with Gasteiger partial charge in [-0.25, -0.2) is 0 Å².